The number of thioether (sulfide) groups is 1. The molecule has 1 aromatic heterocycles. The summed E-state index contributed by atoms with van der Waals surface area (Å²) < 4.78 is 2.93. The molecule has 0 aliphatic heterocycles. The summed E-state index contributed by atoms with van der Waals surface area (Å²) in [6.07, 6.45) is 6.22. The van der Waals surface area contributed by atoms with Crippen LogP contribution < -0.4 is 11.1 Å². The van der Waals surface area contributed by atoms with Crippen molar-refractivity contribution in [3.63, 3.8) is 0 Å². The minimum Gasteiger partial charge on any atom is -0.309 e. The third kappa shape index (κ3) is 3.22. The molecule has 0 saturated carbocycles. The second-order valence-electron chi connectivity index (χ2n) is 4.58. The van der Waals surface area contributed by atoms with Crippen LogP contribution in [0.2, 0.25) is 0 Å². The van der Waals surface area contributed by atoms with Crippen molar-refractivity contribution in [2.45, 2.75) is 31.3 Å². The van der Waals surface area contributed by atoms with Crippen LogP contribution in [0.3, 0.4) is 0 Å². The van der Waals surface area contributed by atoms with E-state index in [0.717, 1.165) is 12.0 Å². The predicted molar refractivity (Wildman–Crippen MR) is 82.6 cm³/mol. The van der Waals surface area contributed by atoms with Crippen molar-refractivity contribution >= 4 is 11.8 Å². The summed E-state index contributed by atoms with van der Waals surface area (Å²) in [5.74, 6) is 0. The molecule has 0 unspecified atom stereocenters. The van der Waals surface area contributed by atoms with Crippen molar-refractivity contribution in [2.75, 3.05) is 6.26 Å². The molecule has 2 rings (SSSR count). The highest BCUT2D eigenvalue weighted by Crippen LogP contribution is 2.15. The van der Waals surface area contributed by atoms with Crippen LogP contribution in [0, 0.1) is 0 Å². The molecule has 0 radical (unpaired) electrons. The molecule has 0 saturated heterocycles. The van der Waals surface area contributed by atoms with Crippen LogP contribution in [-0.4, -0.2) is 15.4 Å². The molecule has 0 aliphatic rings. The maximum Gasteiger partial charge on any atom is 0.316 e. The van der Waals surface area contributed by atoms with E-state index in [2.05, 4.69) is 0 Å². The maximum absolute atomic E-state index is 12.0. The average molecular weight is 290 g/mol. The van der Waals surface area contributed by atoms with Gasteiger partial charge in [-0.2, -0.15) is 0 Å². The quantitative estimate of drug-likeness (QED) is 0.626. The van der Waals surface area contributed by atoms with Gasteiger partial charge in [0.05, 0.1) is 6.54 Å². The Morgan fingerprint density at radius 1 is 1.00 bits per heavy atom. The topological polar surface area (TPSA) is 44.0 Å². The number of hydrogen-bond donors (Lipinski definition) is 0. The van der Waals surface area contributed by atoms with Gasteiger partial charge in [0.2, 0.25) is 0 Å². The van der Waals surface area contributed by atoms with Gasteiger partial charge in [-0.1, -0.05) is 19.1 Å². The molecule has 5 heteroatoms. The van der Waals surface area contributed by atoms with E-state index >= 15 is 0 Å². The molecule has 1 heterocycles. The van der Waals surface area contributed by atoms with E-state index in [1.165, 1.54) is 14.0 Å². The van der Waals surface area contributed by atoms with Gasteiger partial charge in [-0.05, 0) is 30.4 Å². The van der Waals surface area contributed by atoms with Gasteiger partial charge in [0.15, 0.2) is 0 Å². The number of hydrogen-bond acceptors (Lipinski definition) is 3. The number of nitrogens with zero attached hydrogens (tertiary/aromatic N) is 2. The van der Waals surface area contributed by atoms with Crippen molar-refractivity contribution in [3.8, 4) is 0 Å². The van der Waals surface area contributed by atoms with E-state index in [9.17, 15) is 9.59 Å². The van der Waals surface area contributed by atoms with Crippen LogP contribution >= 0.6 is 11.8 Å². The van der Waals surface area contributed by atoms with Crippen LogP contribution in [0.4, 0.5) is 0 Å². The first-order chi connectivity index (χ1) is 9.65. The summed E-state index contributed by atoms with van der Waals surface area (Å²) >= 11 is 1.67. The zero-order chi connectivity index (χ0) is 14.5. The number of rotatable bonds is 5. The molecule has 0 fully saturated rings. The SMILES string of the molecule is CCCn1ccn(Cc2ccc(SC)cc2)c(=O)c1=O. The Hall–Kier alpha value is -1.75. The first kappa shape index (κ1) is 14.7. The number of benzene rings is 1. The van der Waals surface area contributed by atoms with Gasteiger partial charge >= 0.3 is 11.1 Å². The fourth-order valence-electron chi connectivity index (χ4n) is 2.01. The van der Waals surface area contributed by atoms with E-state index in [4.69, 9.17) is 0 Å². The van der Waals surface area contributed by atoms with Gasteiger partial charge in [-0.3, -0.25) is 9.59 Å². The maximum atomic E-state index is 12.0. The second kappa shape index (κ2) is 6.61. The molecule has 0 bridgehead atoms. The summed E-state index contributed by atoms with van der Waals surface area (Å²) in [6, 6.07) is 8.00. The Morgan fingerprint density at radius 3 is 2.20 bits per heavy atom. The van der Waals surface area contributed by atoms with Gasteiger partial charge in [0.25, 0.3) is 0 Å². The van der Waals surface area contributed by atoms with Gasteiger partial charge in [0, 0.05) is 23.8 Å². The van der Waals surface area contributed by atoms with Gasteiger partial charge in [-0.25, -0.2) is 0 Å². The van der Waals surface area contributed by atoms with Crippen LogP contribution in [0.1, 0.15) is 18.9 Å². The molecular formula is C15H18N2O2S. The summed E-state index contributed by atoms with van der Waals surface area (Å²) in [5, 5.41) is 0. The van der Waals surface area contributed by atoms with E-state index in [-0.39, 0.29) is 0 Å². The molecule has 0 N–H and O–H groups in total. The van der Waals surface area contributed by atoms with Gasteiger partial charge in [-0.15, -0.1) is 11.8 Å². The lowest BCUT2D eigenvalue weighted by Gasteiger charge is -2.08. The Bertz CT molecular complexity index is 686. The monoisotopic (exact) mass is 290 g/mol. The Balaban J connectivity index is 2.27. The Morgan fingerprint density at radius 2 is 1.60 bits per heavy atom. The predicted octanol–water partition coefficient (Wildman–Crippen LogP) is 2.19. The van der Waals surface area contributed by atoms with Crippen molar-refractivity contribution in [3.05, 3.63) is 62.9 Å². The Labute approximate surface area is 122 Å². The normalized spacial score (nSPS) is 10.7. The smallest absolute Gasteiger partial charge is 0.309 e. The molecule has 1 aromatic carbocycles. The summed E-state index contributed by atoms with van der Waals surface area (Å²) in [7, 11) is 0. The lowest BCUT2D eigenvalue weighted by molar-refractivity contribution is 0.612. The van der Waals surface area contributed by atoms with E-state index in [1.807, 2.05) is 37.4 Å². The van der Waals surface area contributed by atoms with Crippen LogP contribution in [0.5, 0.6) is 0 Å². The average Bonchev–Trinajstić information content (AvgIpc) is 2.48. The van der Waals surface area contributed by atoms with Crippen LogP contribution in [0.15, 0.2) is 51.1 Å². The first-order valence-corrected chi connectivity index (χ1v) is 7.81. The Kier molecular flexibility index (Phi) is 4.84. The zero-order valence-electron chi connectivity index (χ0n) is 11.7. The molecular weight excluding hydrogens is 272 g/mol. The molecule has 0 atom stereocenters. The highest BCUT2D eigenvalue weighted by Gasteiger charge is 2.05. The molecule has 106 valence electrons. The van der Waals surface area contributed by atoms with Crippen LogP contribution in [0.25, 0.3) is 0 Å². The fraction of sp³-hybridized carbons (Fsp3) is 0.333. The summed E-state index contributed by atoms with van der Waals surface area (Å²) in [6.45, 7) is 2.98. The molecule has 0 spiro atoms. The highest BCUT2D eigenvalue weighted by molar-refractivity contribution is 7.98. The largest absolute Gasteiger partial charge is 0.316 e. The van der Waals surface area contributed by atoms with Crippen molar-refractivity contribution in [2.24, 2.45) is 0 Å². The standard InChI is InChI=1S/C15H18N2O2S/c1-3-8-16-9-10-17(15(19)14(16)18)11-12-4-6-13(20-2)7-5-12/h4-7,9-10H,3,8,11H2,1-2H3. The van der Waals surface area contributed by atoms with E-state index in [0.29, 0.717) is 13.1 Å². The van der Waals surface area contributed by atoms with Gasteiger partial charge in [0.1, 0.15) is 0 Å². The van der Waals surface area contributed by atoms with Crippen LogP contribution in [-0.2, 0) is 13.1 Å². The lowest BCUT2D eigenvalue weighted by atomic mass is 10.2. The first-order valence-electron chi connectivity index (χ1n) is 6.58. The molecule has 20 heavy (non-hydrogen) atoms. The molecule has 2 aromatic rings. The summed E-state index contributed by atoms with van der Waals surface area (Å²) in [5.41, 5.74) is 0.0996. The second-order valence-corrected chi connectivity index (χ2v) is 5.46. The third-order valence-electron chi connectivity index (χ3n) is 3.11. The summed E-state index contributed by atoms with van der Waals surface area (Å²) in [4.78, 5) is 25.1. The minimum atomic E-state index is -0.463. The third-order valence-corrected chi connectivity index (χ3v) is 3.85. The van der Waals surface area contributed by atoms with Crippen molar-refractivity contribution in [1.29, 1.82) is 0 Å². The van der Waals surface area contributed by atoms with E-state index in [1.54, 1.807) is 24.2 Å². The molecule has 4 nitrogen and oxygen atoms in total. The van der Waals surface area contributed by atoms with E-state index < -0.39 is 11.1 Å². The van der Waals surface area contributed by atoms with Crippen molar-refractivity contribution < 1.29 is 0 Å². The molecule has 0 amide bonds. The zero-order valence-corrected chi connectivity index (χ0v) is 12.5. The lowest BCUT2D eigenvalue weighted by Crippen LogP contribution is -2.40. The number of aryl methyl sites for hydroxylation is 1. The fourth-order valence-corrected chi connectivity index (χ4v) is 2.42. The highest BCUT2D eigenvalue weighted by atomic mass is 32.2. The minimum absolute atomic E-state index is 0.426. The molecule has 0 aliphatic carbocycles. The number of aromatic nitrogens is 2. The van der Waals surface area contributed by atoms with Gasteiger partial charge < -0.3 is 9.13 Å². The van der Waals surface area contributed by atoms with Crippen molar-refractivity contribution in [1.82, 2.24) is 9.13 Å².